The first-order chi connectivity index (χ1) is 10.7. The molecule has 0 amide bonds. The zero-order valence-electron chi connectivity index (χ0n) is 13.6. The molecular formula is C16H25N5S. The number of thioether (sulfide) groups is 1. The number of aromatic nitrogens is 4. The summed E-state index contributed by atoms with van der Waals surface area (Å²) in [7, 11) is 0. The van der Waals surface area contributed by atoms with Gasteiger partial charge in [-0.1, -0.05) is 31.7 Å². The lowest BCUT2D eigenvalue weighted by molar-refractivity contribution is 0.475. The summed E-state index contributed by atoms with van der Waals surface area (Å²) < 4.78 is 2.26. The molecule has 0 spiro atoms. The molecule has 0 unspecified atom stereocenters. The molecular weight excluding hydrogens is 294 g/mol. The van der Waals surface area contributed by atoms with Crippen LogP contribution in [0.2, 0.25) is 0 Å². The van der Waals surface area contributed by atoms with Crippen molar-refractivity contribution in [3.8, 4) is 0 Å². The Morgan fingerprint density at radius 2 is 2.14 bits per heavy atom. The summed E-state index contributed by atoms with van der Waals surface area (Å²) in [4.78, 5) is 4.30. The lowest BCUT2D eigenvalue weighted by atomic mass is 10.2. The number of hydrogen-bond acceptors (Lipinski definition) is 5. The van der Waals surface area contributed by atoms with Crippen LogP contribution in [-0.4, -0.2) is 32.5 Å². The van der Waals surface area contributed by atoms with Crippen molar-refractivity contribution >= 4 is 11.8 Å². The molecule has 5 nitrogen and oxygen atoms in total. The molecule has 120 valence electrons. The van der Waals surface area contributed by atoms with Gasteiger partial charge in [0.1, 0.15) is 5.82 Å². The van der Waals surface area contributed by atoms with E-state index in [0.717, 1.165) is 49.2 Å². The average Bonchev–Trinajstić information content (AvgIpc) is 2.89. The van der Waals surface area contributed by atoms with Crippen LogP contribution in [-0.2, 0) is 19.5 Å². The van der Waals surface area contributed by atoms with Crippen LogP contribution in [0.4, 0.5) is 0 Å². The summed E-state index contributed by atoms with van der Waals surface area (Å²) >= 11 is 1.66. The van der Waals surface area contributed by atoms with Gasteiger partial charge in [0.15, 0.2) is 5.16 Å². The maximum absolute atomic E-state index is 4.35. The lowest BCUT2D eigenvalue weighted by Gasteiger charge is -2.11. The second kappa shape index (κ2) is 8.90. The van der Waals surface area contributed by atoms with E-state index in [1.165, 1.54) is 0 Å². The van der Waals surface area contributed by atoms with Crippen LogP contribution in [0.25, 0.3) is 0 Å². The summed E-state index contributed by atoms with van der Waals surface area (Å²) in [6.07, 6.45) is 5.89. The van der Waals surface area contributed by atoms with Gasteiger partial charge in [0.05, 0.1) is 5.69 Å². The molecule has 0 bridgehead atoms. The first-order valence-corrected chi connectivity index (χ1v) is 9.00. The highest BCUT2D eigenvalue weighted by Crippen LogP contribution is 2.16. The average molecular weight is 319 g/mol. The number of rotatable bonds is 9. The molecule has 0 aliphatic heterocycles. The van der Waals surface area contributed by atoms with Crippen molar-refractivity contribution in [2.45, 2.75) is 44.9 Å². The van der Waals surface area contributed by atoms with Gasteiger partial charge in [0.2, 0.25) is 0 Å². The number of nitrogens with one attached hydrogen (secondary N) is 1. The zero-order chi connectivity index (χ0) is 15.8. The van der Waals surface area contributed by atoms with E-state index in [2.05, 4.69) is 45.2 Å². The third kappa shape index (κ3) is 5.10. The fraction of sp³-hybridized carbons (Fsp3) is 0.562. The van der Waals surface area contributed by atoms with Crippen molar-refractivity contribution in [3.63, 3.8) is 0 Å². The number of aryl methyl sites for hydroxylation is 1. The smallest absolute Gasteiger partial charge is 0.190 e. The second-order valence-electron chi connectivity index (χ2n) is 5.71. The Hall–Kier alpha value is -1.40. The topological polar surface area (TPSA) is 55.6 Å². The highest BCUT2D eigenvalue weighted by atomic mass is 32.2. The Labute approximate surface area is 136 Å². The number of pyridine rings is 1. The van der Waals surface area contributed by atoms with Crippen LogP contribution in [0.3, 0.4) is 0 Å². The Morgan fingerprint density at radius 1 is 1.27 bits per heavy atom. The van der Waals surface area contributed by atoms with Crippen molar-refractivity contribution < 1.29 is 0 Å². The molecule has 2 heterocycles. The quantitative estimate of drug-likeness (QED) is 0.569. The van der Waals surface area contributed by atoms with E-state index in [1.807, 2.05) is 24.4 Å². The molecule has 2 rings (SSSR count). The summed E-state index contributed by atoms with van der Waals surface area (Å²) in [6.45, 7) is 7.21. The van der Waals surface area contributed by atoms with Crippen molar-refractivity contribution in [2.75, 3.05) is 12.8 Å². The van der Waals surface area contributed by atoms with Crippen LogP contribution in [0, 0.1) is 5.92 Å². The molecule has 0 aromatic carbocycles. The number of hydrogen-bond donors (Lipinski definition) is 1. The fourth-order valence-electron chi connectivity index (χ4n) is 2.29. The van der Waals surface area contributed by atoms with Crippen molar-refractivity contribution in [1.82, 2.24) is 25.1 Å². The molecule has 0 fully saturated rings. The molecule has 0 aliphatic carbocycles. The molecule has 2 aromatic heterocycles. The van der Waals surface area contributed by atoms with E-state index in [4.69, 9.17) is 0 Å². The maximum atomic E-state index is 4.35. The highest BCUT2D eigenvalue weighted by Gasteiger charge is 2.12. The van der Waals surface area contributed by atoms with Gasteiger partial charge >= 0.3 is 0 Å². The Morgan fingerprint density at radius 3 is 2.82 bits per heavy atom. The Bertz CT molecular complexity index is 553. The monoisotopic (exact) mass is 319 g/mol. The van der Waals surface area contributed by atoms with Gasteiger partial charge in [0.25, 0.3) is 0 Å². The van der Waals surface area contributed by atoms with E-state index in [1.54, 1.807) is 11.8 Å². The first kappa shape index (κ1) is 17.0. The molecule has 0 atom stereocenters. The minimum atomic E-state index is 0.600. The van der Waals surface area contributed by atoms with Crippen molar-refractivity contribution in [3.05, 3.63) is 35.9 Å². The van der Waals surface area contributed by atoms with E-state index >= 15 is 0 Å². The normalized spacial score (nSPS) is 11.3. The van der Waals surface area contributed by atoms with Gasteiger partial charge in [-0.15, -0.1) is 10.2 Å². The first-order valence-electron chi connectivity index (χ1n) is 7.77. The number of nitrogens with zero attached hydrogens (tertiary/aromatic N) is 4. The van der Waals surface area contributed by atoms with E-state index < -0.39 is 0 Å². The standard InChI is InChI=1S/C16H25N5S/c1-13(2)12-21-15(19-20-16(21)22-3)8-6-9-17-11-14-7-4-5-10-18-14/h4-5,7,10,13,17H,6,8-9,11-12H2,1-3H3. The molecule has 1 N–H and O–H groups in total. The van der Waals surface area contributed by atoms with Crippen molar-refractivity contribution in [2.24, 2.45) is 5.92 Å². The minimum absolute atomic E-state index is 0.600. The molecule has 0 saturated carbocycles. The Kier molecular flexibility index (Phi) is 6.86. The van der Waals surface area contributed by atoms with Gasteiger partial charge in [-0.25, -0.2) is 0 Å². The van der Waals surface area contributed by atoms with Crippen molar-refractivity contribution in [1.29, 1.82) is 0 Å². The highest BCUT2D eigenvalue weighted by molar-refractivity contribution is 7.98. The van der Waals surface area contributed by atoms with Crippen LogP contribution in [0.15, 0.2) is 29.6 Å². The molecule has 2 aromatic rings. The molecule has 0 saturated heterocycles. The van der Waals surface area contributed by atoms with Crippen LogP contribution >= 0.6 is 11.8 Å². The van der Waals surface area contributed by atoms with Gasteiger partial charge < -0.3 is 9.88 Å². The largest absolute Gasteiger partial charge is 0.311 e. The predicted octanol–water partition coefficient (Wildman–Crippen LogP) is 2.77. The van der Waals surface area contributed by atoms with Gasteiger partial charge in [-0.2, -0.15) is 0 Å². The second-order valence-corrected chi connectivity index (χ2v) is 6.48. The third-order valence-electron chi connectivity index (χ3n) is 3.31. The van der Waals surface area contributed by atoms with E-state index in [-0.39, 0.29) is 0 Å². The fourth-order valence-corrected chi connectivity index (χ4v) is 2.82. The maximum Gasteiger partial charge on any atom is 0.190 e. The summed E-state index contributed by atoms with van der Waals surface area (Å²) in [6, 6.07) is 5.99. The molecule has 0 aliphatic rings. The summed E-state index contributed by atoms with van der Waals surface area (Å²) in [5.74, 6) is 1.70. The van der Waals surface area contributed by atoms with Crippen LogP contribution < -0.4 is 5.32 Å². The molecule has 6 heteroatoms. The molecule has 0 radical (unpaired) electrons. The van der Waals surface area contributed by atoms with Crippen LogP contribution in [0.5, 0.6) is 0 Å². The third-order valence-corrected chi connectivity index (χ3v) is 3.98. The minimum Gasteiger partial charge on any atom is -0.311 e. The summed E-state index contributed by atoms with van der Waals surface area (Å²) in [5.41, 5.74) is 1.08. The SMILES string of the molecule is CSc1nnc(CCCNCc2ccccn2)n1CC(C)C. The van der Waals surface area contributed by atoms with Gasteiger partial charge in [-0.05, 0) is 37.3 Å². The van der Waals surface area contributed by atoms with E-state index in [9.17, 15) is 0 Å². The Balaban J connectivity index is 1.78. The van der Waals surface area contributed by atoms with Crippen LogP contribution in [0.1, 0.15) is 31.8 Å². The zero-order valence-corrected chi connectivity index (χ0v) is 14.4. The van der Waals surface area contributed by atoms with E-state index in [0.29, 0.717) is 5.92 Å². The van der Waals surface area contributed by atoms with Gasteiger partial charge in [-0.3, -0.25) is 4.98 Å². The summed E-state index contributed by atoms with van der Waals surface area (Å²) in [5, 5.41) is 13.1. The predicted molar refractivity (Wildman–Crippen MR) is 90.9 cm³/mol. The lowest BCUT2D eigenvalue weighted by Crippen LogP contribution is -2.17. The molecule has 22 heavy (non-hydrogen) atoms. The van der Waals surface area contributed by atoms with Gasteiger partial charge in [0, 0.05) is 25.7 Å².